The third-order valence-corrected chi connectivity index (χ3v) is 5.91. The van der Waals surface area contributed by atoms with Crippen LogP contribution in [-0.4, -0.2) is 14.3 Å². The van der Waals surface area contributed by atoms with E-state index in [2.05, 4.69) is 10.0 Å². The van der Waals surface area contributed by atoms with Crippen molar-refractivity contribution in [3.8, 4) is 0 Å². The van der Waals surface area contributed by atoms with E-state index in [1.54, 1.807) is 12.1 Å². The van der Waals surface area contributed by atoms with Crippen molar-refractivity contribution in [2.75, 3.05) is 10.0 Å². The molecule has 1 atom stereocenters. The van der Waals surface area contributed by atoms with Crippen molar-refractivity contribution in [3.63, 3.8) is 0 Å². The number of rotatable bonds is 6. The van der Waals surface area contributed by atoms with Crippen LogP contribution in [0, 0.1) is 18.7 Å². The van der Waals surface area contributed by atoms with Gasteiger partial charge in [0.1, 0.15) is 5.82 Å². The summed E-state index contributed by atoms with van der Waals surface area (Å²) in [5, 5.41) is 2.71. The summed E-state index contributed by atoms with van der Waals surface area (Å²) in [6.07, 6.45) is 2.07. The first-order valence-electron chi connectivity index (χ1n) is 8.96. The Morgan fingerprint density at radius 1 is 1.22 bits per heavy atom. The second kappa shape index (κ2) is 7.68. The van der Waals surface area contributed by atoms with Gasteiger partial charge in [0.15, 0.2) is 0 Å². The lowest BCUT2D eigenvalue weighted by Gasteiger charge is -2.25. The Morgan fingerprint density at radius 2 is 1.93 bits per heavy atom. The molecule has 0 spiro atoms. The number of carbonyl (C=O) groups excluding carboxylic acids is 1. The lowest BCUT2D eigenvalue weighted by atomic mass is 9.89. The average Bonchev–Trinajstić information content (AvgIpc) is 2.59. The molecule has 7 heteroatoms. The van der Waals surface area contributed by atoms with Crippen molar-refractivity contribution in [2.45, 2.75) is 38.9 Å². The van der Waals surface area contributed by atoms with Crippen molar-refractivity contribution in [1.29, 1.82) is 0 Å². The molecule has 144 valence electrons. The molecule has 1 heterocycles. The topological polar surface area (TPSA) is 75.3 Å². The van der Waals surface area contributed by atoms with Crippen LogP contribution in [0.5, 0.6) is 0 Å². The molecule has 27 heavy (non-hydrogen) atoms. The summed E-state index contributed by atoms with van der Waals surface area (Å²) in [5.41, 5.74) is 2.72. The van der Waals surface area contributed by atoms with Crippen LogP contribution >= 0.6 is 0 Å². The van der Waals surface area contributed by atoms with Crippen molar-refractivity contribution >= 4 is 27.3 Å². The van der Waals surface area contributed by atoms with Gasteiger partial charge in [-0.05, 0) is 43.0 Å². The van der Waals surface area contributed by atoms with Gasteiger partial charge in [0.2, 0.25) is 15.9 Å². The van der Waals surface area contributed by atoms with E-state index in [9.17, 15) is 17.6 Å². The van der Waals surface area contributed by atoms with Crippen LogP contribution < -0.4 is 10.0 Å². The molecule has 0 aromatic heterocycles. The maximum Gasteiger partial charge on any atom is 0.237 e. The van der Waals surface area contributed by atoms with Crippen LogP contribution in [-0.2, 0) is 27.0 Å². The van der Waals surface area contributed by atoms with Crippen molar-refractivity contribution in [1.82, 2.24) is 0 Å². The Kier molecular flexibility index (Phi) is 5.51. The molecule has 1 unspecified atom stereocenters. The smallest absolute Gasteiger partial charge is 0.237 e. The number of fused-ring (bicyclic) bond motifs is 1. The van der Waals surface area contributed by atoms with Gasteiger partial charge in [-0.25, -0.2) is 12.8 Å². The Hall–Kier alpha value is -2.41. The highest BCUT2D eigenvalue weighted by molar-refractivity contribution is 7.91. The number of hydrogen-bond acceptors (Lipinski definition) is 3. The molecular formula is C20H23FN2O3S. The van der Waals surface area contributed by atoms with Crippen LogP contribution in [0.15, 0.2) is 36.4 Å². The molecule has 2 aromatic carbocycles. The predicted molar refractivity (Wildman–Crippen MR) is 105 cm³/mol. The van der Waals surface area contributed by atoms with Crippen LogP contribution in [0.2, 0.25) is 0 Å². The summed E-state index contributed by atoms with van der Waals surface area (Å²) in [7, 11) is -3.76. The summed E-state index contributed by atoms with van der Waals surface area (Å²) < 4.78 is 41.6. The van der Waals surface area contributed by atoms with Crippen molar-refractivity contribution in [3.05, 3.63) is 58.9 Å². The quantitative estimate of drug-likeness (QED) is 0.783. The van der Waals surface area contributed by atoms with E-state index in [1.165, 1.54) is 12.1 Å². The van der Waals surface area contributed by atoms with Crippen LogP contribution in [0.25, 0.3) is 0 Å². The highest BCUT2D eigenvalue weighted by atomic mass is 32.2. The fourth-order valence-corrected chi connectivity index (χ4v) is 4.46. The second-order valence-corrected chi connectivity index (χ2v) is 8.74. The van der Waals surface area contributed by atoms with E-state index in [1.807, 2.05) is 26.0 Å². The van der Waals surface area contributed by atoms with Gasteiger partial charge >= 0.3 is 0 Å². The number of anilines is 2. The molecule has 2 aromatic rings. The molecule has 0 saturated heterocycles. The lowest BCUT2D eigenvalue weighted by Crippen LogP contribution is -2.30. The zero-order valence-corrected chi connectivity index (χ0v) is 16.2. The zero-order valence-electron chi connectivity index (χ0n) is 15.4. The molecule has 1 aliphatic rings. The predicted octanol–water partition coefficient (Wildman–Crippen LogP) is 3.99. The summed E-state index contributed by atoms with van der Waals surface area (Å²) >= 11 is 0. The van der Waals surface area contributed by atoms with Crippen LogP contribution in [0.3, 0.4) is 0 Å². The maximum absolute atomic E-state index is 14.4. The standard InChI is InChI=1S/C20H23FN2O3S/c1-3-4-15-9-16-10-19(17(21)11-18(16)22-20(15)24)23-27(25,26)12-14-7-5-13(2)6-8-14/h5-8,10-11,15,23H,3-4,9,12H2,1-2H3,(H,22,24). The van der Waals surface area contributed by atoms with E-state index in [0.29, 0.717) is 17.7 Å². The normalized spacial score (nSPS) is 16.6. The zero-order chi connectivity index (χ0) is 19.6. The summed E-state index contributed by atoms with van der Waals surface area (Å²) in [5.74, 6) is -1.24. The molecule has 0 bridgehead atoms. The Labute approximate surface area is 159 Å². The first kappa shape index (κ1) is 19.4. The number of carbonyl (C=O) groups is 1. The molecule has 1 aliphatic heterocycles. The Bertz CT molecular complexity index is 956. The Morgan fingerprint density at radius 3 is 2.59 bits per heavy atom. The largest absolute Gasteiger partial charge is 0.325 e. The first-order valence-corrected chi connectivity index (χ1v) is 10.6. The van der Waals surface area contributed by atoms with Gasteiger partial charge in [0.25, 0.3) is 0 Å². The number of halogens is 1. The highest BCUT2D eigenvalue weighted by Crippen LogP contribution is 2.32. The molecule has 5 nitrogen and oxygen atoms in total. The minimum atomic E-state index is -3.76. The van der Waals surface area contributed by atoms with Crippen molar-refractivity contribution < 1.29 is 17.6 Å². The third-order valence-electron chi connectivity index (χ3n) is 4.67. The molecule has 1 amide bonds. The number of hydrogen-bond donors (Lipinski definition) is 2. The van der Waals surface area contributed by atoms with Gasteiger partial charge in [0, 0.05) is 11.6 Å². The first-order chi connectivity index (χ1) is 12.8. The number of amides is 1. The summed E-state index contributed by atoms with van der Waals surface area (Å²) in [4.78, 5) is 12.1. The number of benzene rings is 2. The fraction of sp³-hybridized carbons (Fsp3) is 0.350. The fourth-order valence-electron chi connectivity index (χ4n) is 3.26. The van der Waals surface area contributed by atoms with Crippen molar-refractivity contribution in [2.24, 2.45) is 5.92 Å². The number of aryl methyl sites for hydroxylation is 1. The molecule has 3 rings (SSSR count). The van der Waals surface area contributed by atoms with Crippen LogP contribution in [0.1, 0.15) is 36.5 Å². The van der Waals surface area contributed by atoms with E-state index in [4.69, 9.17) is 0 Å². The molecule has 0 fully saturated rings. The molecule has 0 radical (unpaired) electrons. The van der Waals surface area contributed by atoms with E-state index >= 15 is 0 Å². The monoisotopic (exact) mass is 390 g/mol. The van der Waals surface area contributed by atoms with Gasteiger partial charge in [-0.15, -0.1) is 0 Å². The van der Waals surface area contributed by atoms with Crippen LogP contribution in [0.4, 0.5) is 15.8 Å². The van der Waals surface area contributed by atoms with Gasteiger partial charge in [-0.2, -0.15) is 0 Å². The third kappa shape index (κ3) is 4.66. The highest BCUT2D eigenvalue weighted by Gasteiger charge is 2.27. The second-order valence-electron chi connectivity index (χ2n) is 7.01. The average molecular weight is 390 g/mol. The maximum atomic E-state index is 14.4. The Balaban J connectivity index is 1.82. The molecular weight excluding hydrogens is 367 g/mol. The summed E-state index contributed by atoms with van der Waals surface area (Å²) in [6.45, 7) is 3.92. The molecule has 0 saturated carbocycles. The van der Waals surface area contributed by atoms with Gasteiger partial charge in [0.05, 0.1) is 11.4 Å². The van der Waals surface area contributed by atoms with E-state index < -0.39 is 15.8 Å². The van der Waals surface area contributed by atoms with Gasteiger partial charge in [-0.1, -0.05) is 43.2 Å². The molecule has 2 N–H and O–H groups in total. The summed E-state index contributed by atoms with van der Waals surface area (Å²) in [6, 6.07) is 9.81. The lowest BCUT2D eigenvalue weighted by molar-refractivity contribution is -0.120. The SMILES string of the molecule is CCCC1Cc2cc(NS(=O)(=O)Cc3ccc(C)cc3)c(F)cc2NC1=O. The minimum absolute atomic E-state index is 0.0905. The van der Waals surface area contributed by atoms with E-state index in [-0.39, 0.29) is 23.3 Å². The van der Waals surface area contributed by atoms with Gasteiger partial charge < -0.3 is 5.32 Å². The van der Waals surface area contributed by atoms with E-state index in [0.717, 1.165) is 24.0 Å². The molecule has 0 aliphatic carbocycles. The van der Waals surface area contributed by atoms with Gasteiger partial charge in [-0.3, -0.25) is 9.52 Å². The minimum Gasteiger partial charge on any atom is -0.325 e. The number of sulfonamides is 1. The number of nitrogens with one attached hydrogen (secondary N) is 2.